The summed E-state index contributed by atoms with van der Waals surface area (Å²) in [6.45, 7) is 1.68. The second-order valence-corrected chi connectivity index (χ2v) is 6.88. The third-order valence-corrected chi connectivity index (χ3v) is 5.17. The lowest BCUT2D eigenvalue weighted by Gasteiger charge is -2.42. The lowest BCUT2D eigenvalue weighted by atomic mass is 9.83. The van der Waals surface area contributed by atoms with Gasteiger partial charge in [-0.2, -0.15) is 0 Å². The number of pyridine rings is 1. The van der Waals surface area contributed by atoms with Crippen molar-refractivity contribution in [1.82, 2.24) is 9.47 Å². The van der Waals surface area contributed by atoms with Crippen molar-refractivity contribution in [1.29, 1.82) is 0 Å². The lowest BCUT2D eigenvalue weighted by Crippen LogP contribution is -2.50. The number of nitrogens with zero attached hydrogens (tertiary/aromatic N) is 2. The van der Waals surface area contributed by atoms with E-state index in [9.17, 15) is 19.5 Å². The Balaban J connectivity index is 1.55. The number of aromatic nitrogens is 1. The monoisotopic (exact) mass is 353 g/mol. The standard InChI is InChI=1S/C19H19N3O4/c23-17-7-3-6-16-13-8-12(10-22(16)17)9-21(11-13)19(26)20-15-5-2-1-4-14(15)18(24)25/h1-7,12-13H,8-11H2,(H,20,26)(H,24,25)/t12-,13-/m0/s1. The summed E-state index contributed by atoms with van der Waals surface area (Å²) < 4.78 is 1.81. The highest BCUT2D eigenvalue weighted by molar-refractivity contribution is 6.00. The number of anilines is 1. The van der Waals surface area contributed by atoms with E-state index in [1.807, 2.05) is 10.6 Å². The zero-order valence-electron chi connectivity index (χ0n) is 14.1. The van der Waals surface area contributed by atoms with Gasteiger partial charge in [-0.15, -0.1) is 0 Å². The number of piperidine rings is 1. The van der Waals surface area contributed by atoms with Crippen molar-refractivity contribution in [3.05, 3.63) is 64.1 Å². The van der Waals surface area contributed by atoms with Crippen LogP contribution in [0.4, 0.5) is 10.5 Å². The van der Waals surface area contributed by atoms with E-state index in [4.69, 9.17) is 0 Å². The average Bonchev–Trinajstić information content (AvgIpc) is 2.63. The summed E-state index contributed by atoms with van der Waals surface area (Å²) in [7, 11) is 0. The van der Waals surface area contributed by atoms with Crippen LogP contribution in [0.5, 0.6) is 0 Å². The van der Waals surface area contributed by atoms with Crippen LogP contribution >= 0.6 is 0 Å². The van der Waals surface area contributed by atoms with Crippen LogP contribution in [0.3, 0.4) is 0 Å². The molecule has 2 bridgehead atoms. The molecule has 3 heterocycles. The molecule has 2 N–H and O–H groups in total. The van der Waals surface area contributed by atoms with Crippen molar-refractivity contribution in [2.75, 3.05) is 18.4 Å². The molecule has 0 unspecified atom stereocenters. The fourth-order valence-electron chi connectivity index (χ4n) is 4.04. The van der Waals surface area contributed by atoms with E-state index in [2.05, 4.69) is 5.32 Å². The molecule has 2 aliphatic rings. The largest absolute Gasteiger partial charge is 0.478 e. The van der Waals surface area contributed by atoms with E-state index in [-0.39, 0.29) is 34.7 Å². The molecule has 2 amide bonds. The first-order chi connectivity index (χ1) is 12.5. The van der Waals surface area contributed by atoms with Crippen LogP contribution in [0, 0.1) is 5.92 Å². The Bertz CT molecular complexity index is 936. The molecule has 1 aromatic heterocycles. The second-order valence-electron chi connectivity index (χ2n) is 6.88. The molecule has 1 fully saturated rings. The molecular weight excluding hydrogens is 334 g/mol. The molecule has 0 radical (unpaired) electrons. The summed E-state index contributed by atoms with van der Waals surface area (Å²) in [5.41, 5.74) is 1.33. The van der Waals surface area contributed by atoms with E-state index in [1.54, 1.807) is 35.2 Å². The van der Waals surface area contributed by atoms with Crippen LogP contribution < -0.4 is 10.9 Å². The molecule has 0 aliphatic carbocycles. The van der Waals surface area contributed by atoms with Gasteiger partial charge in [0.2, 0.25) is 0 Å². The van der Waals surface area contributed by atoms with Crippen molar-refractivity contribution in [3.63, 3.8) is 0 Å². The molecule has 1 aromatic carbocycles. The summed E-state index contributed by atoms with van der Waals surface area (Å²) in [6, 6.07) is 11.3. The normalized spacial score (nSPS) is 21.0. The molecular formula is C19H19N3O4. The number of nitrogens with one attached hydrogen (secondary N) is 1. The number of likely N-dealkylation sites (tertiary alicyclic amines) is 1. The Morgan fingerprint density at radius 2 is 1.85 bits per heavy atom. The maximum absolute atomic E-state index is 12.7. The zero-order chi connectivity index (χ0) is 18.3. The molecule has 0 spiro atoms. The Kier molecular flexibility index (Phi) is 3.99. The van der Waals surface area contributed by atoms with Crippen molar-refractivity contribution in [2.45, 2.75) is 18.9 Å². The number of hydrogen-bond acceptors (Lipinski definition) is 3. The molecule has 4 rings (SSSR count). The minimum atomic E-state index is -1.08. The Hall–Kier alpha value is -3.09. The van der Waals surface area contributed by atoms with Gasteiger partial charge in [0.25, 0.3) is 5.56 Å². The van der Waals surface area contributed by atoms with Crippen molar-refractivity contribution >= 4 is 17.7 Å². The quantitative estimate of drug-likeness (QED) is 0.866. The van der Waals surface area contributed by atoms with E-state index in [0.29, 0.717) is 19.6 Å². The summed E-state index contributed by atoms with van der Waals surface area (Å²) >= 11 is 0. The summed E-state index contributed by atoms with van der Waals surface area (Å²) in [6.07, 6.45) is 0.957. The highest BCUT2D eigenvalue weighted by atomic mass is 16.4. The van der Waals surface area contributed by atoms with Gasteiger partial charge in [0, 0.05) is 37.3 Å². The predicted octanol–water partition coefficient (Wildman–Crippen LogP) is 2.20. The molecule has 0 saturated carbocycles. The van der Waals surface area contributed by atoms with Crippen molar-refractivity contribution in [2.24, 2.45) is 5.92 Å². The Morgan fingerprint density at radius 3 is 2.65 bits per heavy atom. The van der Waals surface area contributed by atoms with Crippen molar-refractivity contribution < 1.29 is 14.7 Å². The van der Waals surface area contributed by atoms with Crippen LogP contribution in [0.2, 0.25) is 0 Å². The first-order valence-corrected chi connectivity index (χ1v) is 8.61. The lowest BCUT2D eigenvalue weighted by molar-refractivity contribution is 0.0698. The number of fused-ring (bicyclic) bond motifs is 4. The summed E-state index contributed by atoms with van der Waals surface area (Å²) in [4.78, 5) is 37.8. The minimum absolute atomic E-state index is 0.00508. The number of carbonyl (C=O) groups excluding carboxylic acids is 1. The van der Waals surface area contributed by atoms with Gasteiger partial charge in [-0.05, 0) is 30.5 Å². The van der Waals surface area contributed by atoms with Gasteiger partial charge < -0.3 is 19.9 Å². The minimum Gasteiger partial charge on any atom is -0.478 e. The van der Waals surface area contributed by atoms with Gasteiger partial charge >= 0.3 is 12.0 Å². The fraction of sp³-hybridized carbons (Fsp3) is 0.316. The third kappa shape index (κ3) is 2.85. The first-order valence-electron chi connectivity index (χ1n) is 8.61. The number of amides is 2. The molecule has 26 heavy (non-hydrogen) atoms. The van der Waals surface area contributed by atoms with E-state index >= 15 is 0 Å². The number of carboxylic acids is 1. The second kappa shape index (κ2) is 6.33. The van der Waals surface area contributed by atoms with Gasteiger partial charge in [0.15, 0.2) is 0 Å². The first kappa shape index (κ1) is 16.4. The highest BCUT2D eigenvalue weighted by Gasteiger charge is 2.36. The average molecular weight is 353 g/mol. The van der Waals surface area contributed by atoms with Crippen LogP contribution in [-0.2, 0) is 6.54 Å². The fourth-order valence-corrected chi connectivity index (χ4v) is 4.04. The number of para-hydroxylation sites is 1. The van der Waals surface area contributed by atoms with Crippen LogP contribution in [0.15, 0.2) is 47.3 Å². The van der Waals surface area contributed by atoms with Crippen LogP contribution in [-0.4, -0.2) is 39.7 Å². The molecule has 7 heteroatoms. The Labute approximate surface area is 149 Å². The number of carbonyl (C=O) groups is 2. The number of rotatable bonds is 2. The number of benzene rings is 1. The molecule has 134 valence electrons. The van der Waals surface area contributed by atoms with E-state index in [0.717, 1.165) is 12.1 Å². The van der Waals surface area contributed by atoms with Gasteiger partial charge in [-0.1, -0.05) is 18.2 Å². The maximum Gasteiger partial charge on any atom is 0.337 e. The molecule has 2 aromatic rings. The van der Waals surface area contributed by atoms with Gasteiger partial charge in [-0.25, -0.2) is 9.59 Å². The molecule has 2 aliphatic heterocycles. The number of hydrogen-bond donors (Lipinski definition) is 2. The van der Waals surface area contributed by atoms with Gasteiger partial charge in [0.1, 0.15) is 0 Å². The summed E-state index contributed by atoms with van der Waals surface area (Å²) in [5.74, 6) is -0.733. The zero-order valence-corrected chi connectivity index (χ0v) is 14.1. The smallest absolute Gasteiger partial charge is 0.337 e. The predicted molar refractivity (Wildman–Crippen MR) is 95.5 cm³/mol. The van der Waals surface area contributed by atoms with Crippen LogP contribution in [0.25, 0.3) is 0 Å². The maximum atomic E-state index is 12.7. The van der Waals surface area contributed by atoms with Gasteiger partial charge in [0.05, 0.1) is 11.3 Å². The summed E-state index contributed by atoms with van der Waals surface area (Å²) in [5, 5.41) is 12.0. The molecule has 2 atom stereocenters. The van der Waals surface area contributed by atoms with Crippen molar-refractivity contribution in [3.8, 4) is 0 Å². The van der Waals surface area contributed by atoms with Crippen LogP contribution in [0.1, 0.15) is 28.4 Å². The number of aromatic carboxylic acids is 1. The van der Waals surface area contributed by atoms with Gasteiger partial charge in [-0.3, -0.25) is 4.79 Å². The third-order valence-electron chi connectivity index (χ3n) is 5.17. The highest BCUT2D eigenvalue weighted by Crippen LogP contribution is 2.35. The number of urea groups is 1. The molecule has 1 saturated heterocycles. The molecule has 7 nitrogen and oxygen atoms in total. The SMILES string of the molecule is O=C(O)c1ccccc1NC(=O)N1C[C@@H]2C[C@@H](C1)c1cccc(=O)n1C2. The van der Waals surface area contributed by atoms with E-state index < -0.39 is 5.97 Å². The van der Waals surface area contributed by atoms with E-state index in [1.165, 1.54) is 6.07 Å². The Morgan fingerprint density at radius 1 is 1.04 bits per heavy atom. The number of carboxylic acid groups (broad SMARTS) is 1. The topological polar surface area (TPSA) is 91.6 Å².